The summed E-state index contributed by atoms with van der Waals surface area (Å²) in [4.78, 5) is 23.0. The van der Waals surface area contributed by atoms with Crippen LogP contribution in [0, 0.1) is 5.82 Å². The quantitative estimate of drug-likeness (QED) is 0.792. The van der Waals surface area contributed by atoms with Gasteiger partial charge in [0, 0.05) is 16.9 Å². The van der Waals surface area contributed by atoms with Crippen LogP contribution in [0.4, 0.5) is 15.8 Å². The topological polar surface area (TPSA) is 84.2 Å². The first-order chi connectivity index (χ1) is 10.5. The summed E-state index contributed by atoms with van der Waals surface area (Å²) in [5, 5.41) is 5.68. The number of hydrogen-bond acceptors (Lipinski definition) is 3. The summed E-state index contributed by atoms with van der Waals surface area (Å²) < 4.78 is 12.8. The number of amides is 2. The van der Waals surface area contributed by atoms with E-state index in [4.69, 9.17) is 5.73 Å². The van der Waals surface area contributed by atoms with Gasteiger partial charge in [-0.1, -0.05) is 0 Å². The molecule has 2 aromatic rings. The first kappa shape index (κ1) is 15.5. The molecule has 0 aromatic heterocycles. The van der Waals surface area contributed by atoms with Crippen molar-refractivity contribution in [1.29, 1.82) is 0 Å². The molecule has 0 saturated carbocycles. The van der Waals surface area contributed by atoms with Crippen LogP contribution in [0.1, 0.15) is 17.3 Å². The van der Waals surface area contributed by atoms with Gasteiger partial charge >= 0.3 is 0 Å². The van der Waals surface area contributed by atoms with Gasteiger partial charge in [0.2, 0.25) is 11.8 Å². The van der Waals surface area contributed by atoms with Crippen LogP contribution in [0.2, 0.25) is 0 Å². The van der Waals surface area contributed by atoms with Crippen molar-refractivity contribution in [3.05, 3.63) is 59.9 Å². The Morgan fingerprint density at radius 1 is 1.00 bits per heavy atom. The van der Waals surface area contributed by atoms with Crippen molar-refractivity contribution in [2.45, 2.75) is 13.0 Å². The average Bonchev–Trinajstić information content (AvgIpc) is 2.50. The Morgan fingerprint density at radius 3 is 2.09 bits per heavy atom. The molecule has 0 aliphatic heterocycles. The van der Waals surface area contributed by atoms with Crippen molar-refractivity contribution in [3.63, 3.8) is 0 Å². The van der Waals surface area contributed by atoms with E-state index < -0.39 is 11.9 Å². The fourth-order valence-corrected chi connectivity index (χ4v) is 1.83. The Kier molecular flexibility index (Phi) is 4.73. The molecule has 6 heteroatoms. The Labute approximate surface area is 127 Å². The lowest BCUT2D eigenvalue weighted by atomic mass is 10.2. The third-order valence-electron chi connectivity index (χ3n) is 3.06. The number of hydrogen-bond donors (Lipinski definition) is 3. The highest BCUT2D eigenvalue weighted by molar-refractivity contribution is 5.97. The number of rotatable bonds is 5. The normalized spacial score (nSPS) is 11.5. The van der Waals surface area contributed by atoms with E-state index in [0.717, 1.165) is 0 Å². The van der Waals surface area contributed by atoms with Gasteiger partial charge in [-0.3, -0.25) is 9.59 Å². The molecular weight excluding hydrogens is 285 g/mol. The zero-order valence-electron chi connectivity index (χ0n) is 12.0. The predicted octanol–water partition coefficient (Wildman–Crippen LogP) is 2.36. The molecule has 2 aromatic carbocycles. The fraction of sp³-hybridized carbons (Fsp3) is 0.125. The lowest BCUT2D eigenvalue weighted by Gasteiger charge is -2.15. The van der Waals surface area contributed by atoms with Crippen LogP contribution in [0.25, 0.3) is 0 Å². The minimum atomic E-state index is -0.524. The van der Waals surface area contributed by atoms with Gasteiger partial charge in [0.1, 0.15) is 11.9 Å². The van der Waals surface area contributed by atoms with Crippen molar-refractivity contribution in [2.24, 2.45) is 5.73 Å². The molecule has 5 nitrogen and oxygen atoms in total. The molecule has 0 bridgehead atoms. The van der Waals surface area contributed by atoms with E-state index in [1.165, 1.54) is 24.3 Å². The summed E-state index contributed by atoms with van der Waals surface area (Å²) in [6.07, 6.45) is 0. The maximum Gasteiger partial charge on any atom is 0.248 e. The van der Waals surface area contributed by atoms with Crippen molar-refractivity contribution >= 4 is 23.2 Å². The number of carbonyl (C=O) groups excluding carboxylic acids is 2. The Morgan fingerprint density at radius 2 is 1.55 bits per heavy atom. The summed E-state index contributed by atoms with van der Waals surface area (Å²) in [6.45, 7) is 1.69. The minimum Gasteiger partial charge on any atom is -0.374 e. The standard InChI is InChI=1S/C16H16FN3O2/c1-10(19-13-8-4-12(17)5-9-13)16(22)20-14-6-2-11(3-7-14)15(18)21/h2-10,19H,1H3,(H2,18,21)(H,20,22). The van der Waals surface area contributed by atoms with Crippen LogP contribution in [-0.4, -0.2) is 17.9 Å². The van der Waals surface area contributed by atoms with Crippen LogP contribution in [0.3, 0.4) is 0 Å². The molecule has 114 valence electrons. The molecule has 1 unspecified atom stereocenters. The average molecular weight is 301 g/mol. The number of benzene rings is 2. The summed E-state index contributed by atoms with van der Waals surface area (Å²) >= 11 is 0. The van der Waals surface area contributed by atoms with Gasteiger partial charge in [-0.2, -0.15) is 0 Å². The summed E-state index contributed by atoms with van der Waals surface area (Å²) in [7, 11) is 0. The van der Waals surface area contributed by atoms with E-state index in [0.29, 0.717) is 16.9 Å². The minimum absolute atomic E-state index is 0.254. The molecule has 0 saturated heterocycles. The van der Waals surface area contributed by atoms with E-state index >= 15 is 0 Å². The third kappa shape index (κ3) is 4.05. The maximum absolute atomic E-state index is 12.8. The highest BCUT2D eigenvalue weighted by atomic mass is 19.1. The van der Waals surface area contributed by atoms with Crippen LogP contribution >= 0.6 is 0 Å². The molecule has 2 rings (SSSR count). The summed E-state index contributed by atoms with van der Waals surface area (Å²) in [5.74, 6) is -1.11. The Bertz CT molecular complexity index is 669. The van der Waals surface area contributed by atoms with E-state index in [9.17, 15) is 14.0 Å². The maximum atomic E-state index is 12.8. The van der Waals surface area contributed by atoms with Crippen molar-refractivity contribution in [3.8, 4) is 0 Å². The Hall–Kier alpha value is -2.89. The molecular formula is C16H16FN3O2. The van der Waals surface area contributed by atoms with Gasteiger partial charge in [0.15, 0.2) is 0 Å². The predicted molar refractivity (Wildman–Crippen MR) is 83.1 cm³/mol. The number of anilines is 2. The highest BCUT2D eigenvalue weighted by Crippen LogP contribution is 2.12. The number of primary amides is 1. The highest BCUT2D eigenvalue weighted by Gasteiger charge is 2.13. The molecule has 0 aliphatic carbocycles. The zero-order chi connectivity index (χ0) is 16.1. The van der Waals surface area contributed by atoms with Gasteiger partial charge in [0.25, 0.3) is 0 Å². The zero-order valence-corrected chi connectivity index (χ0v) is 12.0. The van der Waals surface area contributed by atoms with Gasteiger partial charge in [-0.25, -0.2) is 4.39 Å². The van der Waals surface area contributed by atoms with E-state index in [-0.39, 0.29) is 11.7 Å². The lowest BCUT2D eigenvalue weighted by molar-refractivity contribution is -0.116. The molecule has 0 radical (unpaired) electrons. The SMILES string of the molecule is CC(Nc1ccc(F)cc1)C(=O)Nc1ccc(C(N)=O)cc1. The molecule has 0 heterocycles. The second kappa shape index (κ2) is 6.71. The van der Waals surface area contributed by atoms with Gasteiger partial charge in [-0.05, 0) is 55.5 Å². The number of nitrogens with two attached hydrogens (primary N) is 1. The third-order valence-corrected chi connectivity index (χ3v) is 3.06. The van der Waals surface area contributed by atoms with Crippen LogP contribution < -0.4 is 16.4 Å². The largest absolute Gasteiger partial charge is 0.374 e. The van der Waals surface area contributed by atoms with Crippen molar-refractivity contribution in [1.82, 2.24) is 0 Å². The first-order valence-electron chi connectivity index (χ1n) is 6.68. The van der Waals surface area contributed by atoms with Crippen LogP contribution in [-0.2, 0) is 4.79 Å². The van der Waals surface area contributed by atoms with Crippen LogP contribution in [0.15, 0.2) is 48.5 Å². The second-order valence-electron chi connectivity index (χ2n) is 4.80. The molecule has 22 heavy (non-hydrogen) atoms. The van der Waals surface area contributed by atoms with Gasteiger partial charge in [0.05, 0.1) is 0 Å². The smallest absolute Gasteiger partial charge is 0.248 e. The Balaban J connectivity index is 1.95. The van der Waals surface area contributed by atoms with E-state index in [2.05, 4.69) is 10.6 Å². The van der Waals surface area contributed by atoms with E-state index in [1.54, 1.807) is 31.2 Å². The summed E-state index contributed by atoms with van der Waals surface area (Å²) in [6, 6.07) is 11.5. The molecule has 2 amide bonds. The molecule has 0 spiro atoms. The summed E-state index contributed by atoms with van der Waals surface area (Å²) in [5.41, 5.74) is 6.72. The van der Waals surface area contributed by atoms with Crippen molar-refractivity contribution < 1.29 is 14.0 Å². The van der Waals surface area contributed by atoms with Gasteiger partial charge < -0.3 is 16.4 Å². The molecule has 0 aliphatic rings. The number of nitrogens with one attached hydrogen (secondary N) is 2. The lowest BCUT2D eigenvalue weighted by Crippen LogP contribution is -2.31. The molecule has 1 atom stereocenters. The van der Waals surface area contributed by atoms with E-state index in [1.807, 2.05) is 0 Å². The first-order valence-corrected chi connectivity index (χ1v) is 6.68. The molecule has 0 fully saturated rings. The number of carbonyl (C=O) groups is 2. The van der Waals surface area contributed by atoms with Crippen LogP contribution in [0.5, 0.6) is 0 Å². The second-order valence-corrected chi connectivity index (χ2v) is 4.80. The monoisotopic (exact) mass is 301 g/mol. The molecule has 4 N–H and O–H groups in total. The number of halogens is 1. The fourth-order valence-electron chi connectivity index (χ4n) is 1.83. The van der Waals surface area contributed by atoms with Crippen molar-refractivity contribution in [2.75, 3.05) is 10.6 Å². The van der Waals surface area contributed by atoms with Gasteiger partial charge in [-0.15, -0.1) is 0 Å².